The van der Waals surface area contributed by atoms with Crippen LogP contribution in [0.25, 0.3) is 0 Å². The monoisotopic (exact) mass is 1510 g/mol. The molecule has 0 unspecified atom stereocenters. The van der Waals surface area contributed by atoms with Crippen LogP contribution in [-0.4, -0.2) is 269 Å². The van der Waals surface area contributed by atoms with E-state index in [9.17, 15) is 108 Å². The van der Waals surface area contributed by atoms with E-state index in [1.54, 1.807) is 6.07 Å². The molecular weight excluding hydrogens is 1400 g/mol. The second-order valence-electron chi connectivity index (χ2n) is 28.4. The van der Waals surface area contributed by atoms with Crippen molar-refractivity contribution in [3.05, 3.63) is 29.8 Å². The number of hydrogen-bond donors (Lipinski definition) is 19. The fraction of sp³-hybridized carbons (Fsp3) is 0.718. The highest BCUT2D eigenvalue weighted by molar-refractivity contribution is 6.00. The van der Waals surface area contributed by atoms with Gasteiger partial charge in [-0.2, -0.15) is 5.26 Å². The standard InChI is InChI=1S/C71H114N14O22/c1-9-10-11-12-13-14-15-16-17-18-19-21-46-34-52(94)78-55(39(5)86)65(100)75-38(4)61(96)77-48(32-43-23-25-44(90)26-24-43)62(97)80-54(37(2)3)69(104)85-36-45(91)33-49(85)63(98)81-57(41(7)88)67(102)82-58(42(8)89)70(105)84-31-28-51(93)60(84)68(103)83-59(50(92)27-30-73)64(99)74-35-53(95)79-56(40(6)87)66(101)76-47(22-20-29-72)71(106)107-46/h23-26,37-42,45-51,54-60,86-93H,9-22,27-29,31-36,72H2,1-8H3,(H,74,99)(H,75,100)(H,76,101)(H,77,96)(H,78,94)(H,79,95)(H,80,97)(H,81,98)(H,82,102)(H,83,103)/t38-,39-,40-,41-,42-,45-,46-,47+,48+,49+,50-,51+,54+,55-,56-,57-,58+,59+,60+/m1/s1. The largest absolute Gasteiger partial charge is 0.508 e. The molecule has 0 radical (unpaired) electrons. The van der Waals surface area contributed by atoms with Gasteiger partial charge < -0.3 is 114 Å². The Morgan fingerprint density at radius 3 is 1.62 bits per heavy atom. The van der Waals surface area contributed by atoms with E-state index >= 15 is 0 Å². The zero-order valence-corrected chi connectivity index (χ0v) is 62.3. The van der Waals surface area contributed by atoms with Crippen LogP contribution in [0.4, 0.5) is 0 Å². The van der Waals surface area contributed by atoms with Crippen LogP contribution in [0.5, 0.6) is 5.75 Å². The molecule has 0 aliphatic carbocycles. The number of ether oxygens (including phenoxy) is 1. The number of hydrogen-bond acceptors (Lipinski definition) is 24. The minimum Gasteiger partial charge on any atom is -0.508 e. The maximum atomic E-state index is 14.7. The van der Waals surface area contributed by atoms with Gasteiger partial charge in [-0.1, -0.05) is 97.1 Å². The highest BCUT2D eigenvalue weighted by atomic mass is 16.5. The van der Waals surface area contributed by atoms with Crippen LogP contribution in [-0.2, 0) is 73.5 Å². The number of unbranched alkanes of at least 4 members (excludes halogenated alkanes) is 10. The molecule has 36 nitrogen and oxygen atoms in total. The Labute approximate surface area is 622 Å². The zero-order chi connectivity index (χ0) is 79.9. The van der Waals surface area contributed by atoms with Gasteiger partial charge in [-0.3, -0.25) is 57.5 Å². The average molecular weight is 1520 g/mol. The summed E-state index contributed by atoms with van der Waals surface area (Å²) in [6.07, 6.45) is -5.41. The maximum Gasteiger partial charge on any atom is 0.328 e. The fourth-order valence-electron chi connectivity index (χ4n) is 12.7. The number of carbonyl (C=O) groups excluding carboxylic acids is 13. The summed E-state index contributed by atoms with van der Waals surface area (Å²) in [5.74, 6) is -15.7. The third-order valence-electron chi connectivity index (χ3n) is 18.9. The molecule has 107 heavy (non-hydrogen) atoms. The Hall–Kier alpha value is -8.70. The fourth-order valence-corrected chi connectivity index (χ4v) is 12.7. The summed E-state index contributed by atoms with van der Waals surface area (Å²) in [5.41, 5.74) is 6.21. The van der Waals surface area contributed by atoms with Gasteiger partial charge in [0.1, 0.15) is 78.3 Å². The van der Waals surface area contributed by atoms with Crippen LogP contribution in [0, 0.1) is 17.2 Å². The van der Waals surface area contributed by atoms with Crippen molar-refractivity contribution in [1.82, 2.24) is 63.0 Å². The van der Waals surface area contributed by atoms with E-state index in [-0.39, 0.29) is 44.4 Å². The number of rotatable bonds is 24. The van der Waals surface area contributed by atoms with Gasteiger partial charge in [-0.15, -0.1) is 0 Å². The summed E-state index contributed by atoms with van der Waals surface area (Å²) in [7, 11) is 0. The third kappa shape index (κ3) is 28.8. The van der Waals surface area contributed by atoms with Crippen LogP contribution in [0.1, 0.15) is 177 Å². The van der Waals surface area contributed by atoms with E-state index in [0.717, 1.165) is 81.9 Å². The second kappa shape index (κ2) is 45.2. The number of phenolic OH excluding ortho intramolecular Hbond substituents is 1. The molecule has 12 amide bonds. The Balaban J connectivity index is 1.79. The molecular formula is C71H114N14O22. The number of nitrogens with one attached hydrogen (secondary N) is 10. The number of amides is 12. The number of aliphatic hydroxyl groups excluding tert-OH is 7. The van der Waals surface area contributed by atoms with E-state index in [2.05, 4.69) is 60.1 Å². The molecule has 3 aliphatic heterocycles. The molecule has 0 aromatic heterocycles. The van der Waals surface area contributed by atoms with Gasteiger partial charge in [-0.05, 0) is 96.9 Å². The molecule has 1 aromatic carbocycles. The quantitative estimate of drug-likeness (QED) is 0.0343. The van der Waals surface area contributed by atoms with Crippen LogP contribution < -0.4 is 58.9 Å². The number of benzene rings is 1. The molecule has 0 saturated carbocycles. The summed E-state index contributed by atoms with van der Waals surface area (Å²) < 4.78 is 5.95. The first-order chi connectivity index (χ1) is 50.5. The van der Waals surface area contributed by atoms with E-state index in [0.29, 0.717) is 18.4 Å². The Kier molecular flexibility index (Phi) is 38.3. The average Bonchev–Trinajstić information content (AvgIpc) is 1.69. The second-order valence-corrected chi connectivity index (χ2v) is 28.4. The van der Waals surface area contributed by atoms with E-state index in [4.69, 9.17) is 10.5 Å². The lowest BCUT2D eigenvalue weighted by Gasteiger charge is -2.33. The Morgan fingerprint density at radius 2 is 1.06 bits per heavy atom. The number of esters is 1. The highest BCUT2D eigenvalue weighted by Crippen LogP contribution is 2.25. The molecule has 3 aliphatic rings. The molecule has 600 valence electrons. The minimum atomic E-state index is -2.12. The first kappa shape index (κ1) is 90.7. The van der Waals surface area contributed by atoms with Gasteiger partial charge in [0.05, 0.1) is 68.2 Å². The van der Waals surface area contributed by atoms with Crippen molar-refractivity contribution in [2.45, 2.75) is 293 Å². The number of nitrogens with zero attached hydrogens (tertiary/aromatic N) is 3. The molecule has 3 heterocycles. The summed E-state index contributed by atoms with van der Waals surface area (Å²) in [6.45, 7) is 8.82. The van der Waals surface area contributed by atoms with Gasteiger partial charge in [0.25, 0.3) is 0 Å². The first-order valence-electron chi connectivity index (χ1n) is 37.0. The number of carbonyl (C=O) groups is 13. The molecule has 0 bridgehead atoms. The summed E-state index contributed by atoms with van der Waals surface area (Å²) in [6, 6.07) is -12.4. The van der Waals surface area contributed by atoms with Gasteiger partial charge in [0.15, 0.2) is 0 Å². The summed E-state index contributed by atoms with van der Waals surface area (Å²) >= 11 is 0. The van der Waals surface area contributed by atoms with Gasteiger partial charge in [-0.25, -0.2) is 4.79 Å². The normalized spacial score (nSPS) is 28.2. The van der Waals surface area contributed by atoms with Gasteiger partial charge in [0.2, 0.25) is 70.9 Å². The summed E-state index contributed by atoms with van der Waals surface area (Å²) in [5, 5.41) is 120. The van der Waals surface area contributed by atoms with Crippen molar-refractivity contribution >= 4 is 76.9 Å². The number of phenols is 1. The van der Waals surface area contributed by atoms with Crippen molar-refractivity contribution in [2.24, 2.45) is 11.7 Å². The molecule has 36 heteroatoms. The molecule has 3 saturated heterocycles. The zero-order valence-electron chi connectivity index (χ0n) is 62.3. The maximum absolute atomic E-state index is 14.7. The first-order valence-corrected chi connectivity index (χ1v) is 37.0. The third-order valence-corrected chi connectivity index (χ3v) is 18.9. The van der Waals surface area contributed by atoms with Crippen LogP contribution in [0.2, 0.25) is 0 Å². The molecule has 0 spiro atoms. The number of nitrogens with two attached hydrogens (primary N) is 1. The predicted octanol–water partition coefficient (Wildman–Crippen LogP) is -4.43. The molecule has 1 aromatic rings. The number of nitriles is 1. The molecule has 3 fully saturated rings. The number of fused-ring (bicyclic) bond motifs is 2. The smallest absolute Gasteiger partial charge is 0.328 e. The molecule has 19 atom stereocenters. The SMILES string of the molecule is CCCCCCCCCCCCC[C@@H]1CC(=O)N[C@H]([C@@H](C)O)C(=O)N[C@H](C)C(=O)N[C@@H](Cc2ccc(O)cc2)C(=O)N[C@@H](C(C)C)C(=O)N2C[C@H](O)C[C@H]2C(=O)N[C@H]([C@@H](C)O)C(=O)N[C@@H]([C@@H](C)O)C(=O)N2CC[C@H](O)[C@H]2C(=O)N[C@@H]([C@H](O)CC#N)C(=O)NCC(=O)N[C@H]([C@@H](C)O)C(=O)N[C@@H](CCCN)C(=O)O1. The topological polar surface area (TPSA) is 570 Å². The van der Waals surface area contributed by atoms with Crippen LogP contribution in [0.15, 0.2) is 24.3 Å². The van der Waals surface area contributed by atoms with Crippen molar-refractivity contribution in [2.75, 3.05) is 26.2 Å². The van der Waals surface area contributed by atoms with Gasteiger partial charge in [0, 0.05) is 25.9 Å². The lowest BCUT2D eigenvalue weighted by molar-refractivity contribution is -0.155. The van der Waals surface area contributed by atoms with E-state index < -0.39 is 237 Å². The minimum absolute atomic E-state index is 0.00739. The number of aliphatic hydroxyl groups is 7. The van der Waals surface area contributed by atoms with Crippen molar-refractivity contribution in [1.29, 1.82) is 5.26 Å². The lowest BCUT2D eigenvalue weighted by atomic mass is 9.99. The number of aromatic hydroxyl groups is 1. The van der Waals surface area contributed by atoms with Crippen molar-refractivity contribution in [3.8, 4) is 11.8 Å². The summed E-state index contributed by atoms with van der Waals surface area (Å²) in [4.78, 5) is 186. The lowest BCUT2D eigenvalue weighted by Crippen LogP contribution is -2.64. The number of cyclic esters (lactones) is 1. The van der Waals surface area contributed by atoms with Crippen LogP contribution in [0.3, 0.4) is 0 Å². The Morgan fingerprint density at radius 1 is 0.551 bits per heavy atom. The Bertz CT molecular complexity index is 3190. The van der Waals surface area contributed by atoms with E-state index in [1.807, 2.05) is 0 Å². The molecule has 20 N–H and O–H groups in total. The molecule has 4 rings (SSSR count). The van der Waals surface area contributed by atoms with Crippen molar-refractivity contribution in [3.63, 3.8) is 0 Å². The highest BCUT2D eigenvalue weighted by Gasteiger charge is 2.48. The van der Waals surface area contributed by atoms with Gasteiger partial charge >= 0.3 is 5.97 Å². The van der Waals surface area contributed by atoms with Crippen molar-refractivity contribution < 1.29 is 108 Å². The van der Waals surface area contributed by atoms with Crippen LogP contribution >= 0.6 is 0 Å². The predicted molar refractivity (Wildman–Crippen MR) is 382 cm³/mol. The van der Waals surface area contributed by atoms with E-state index in [1.165, 1.54) is 58.4 Å².